The van der Waals surface area contributed by atoms with E-state index in [9.17, 15) is 4.79 Å². The smallest absolute Gasteiger partial charge is 0.410 e. The number of anilines is 1. The number of carbonyl (C=O) groups is 1. The molecule has 25 heavy (non-hydrogen) atoms. The first-order valence-electron chi connectivity index (χ1n) is 8.46. The van der Waals surface area contributed by atoms with Crippen molar-refractivity contribution in [2.75, 3.05) is 18.5 Å². The van der Waals surface area contributed by atoms with E-state index in [4.69, 9.17) is 17.0 Å². The van der Waals surface area contributed by atoms with Crippen LogP contribution in [-0.2, 0) is 4.74 Å². The van der Waals surface area contributed by atoms with Gasteiger partial charge in [0, 0.05) is 19.3 Å². The first-order valence-corrected chi connectivity index (χ1v) is 8.87. The van der Waals surface area contributed by atoms with E-state index in [2.05, 4.69) is 21.2 Å². The van der Waals surface area contributed by atoms with E-state index >= 15 is 0 Å². The van der Waals surface area contributed by atoms with Gasteiger partial charge in [-0.25, -0.2) is 9.78 Å². The van der Waals surface area contributed by atoms with Crippen molar-refractivity contribution in [2.24, 2.45) is 0 Å². The highest BCUT2D eigenvalue weighted by Gasteiger charge is 2.33. The Morgan fingerprint density at radius 2 is 2.00 bits per heavy atom. The number of carbonyl (C=O) groups excluding carboxylic acids is 1. The van der Waals surface area contributed by atoms with Crippen LogP contribution in [0.4, 0.5) is 10.6 Å². The average Bonchev–Trinajstić information content (AvgIpc) is 2.50. The van der Waals surface area contributed by atoms with E-state index in [0.29, 0.717) is 18.2 Å². The Morgan fingerprint density at radius 1 is 1.36 bits per heavy atom. The molecule has 0 bridgehead atoms. The maximum absolute atomic E-state index is 11.8. The number of aryl methyl sites for hydroxylation is 1. The molecule has 1 saturated heterocycles. The van der Waals surface area contributed by atoms with Gasteiger partial charge in [0.25, 0.3) is 0 Å². The van der Waals surface area contributed by atoms with Crippen molar-refractivity contribution in [1.82, 2.24) is 20.6 Å². The van der Waals surface area contributed by atoms with Crippen LogP contribution in [0.1, 0.15) is 40.2 Å². The number of aromatic nitrogens is 1. The van der Waals surface area contributed by atoms with Gasteiger partial charge in [0.05, 0.1) is 6.04 Å². The van der Waals surface area contributed by atoms with Crippen LogP contribution in [0.5, 0.6) is 0 Å². The summed E-state index contributed by atoms with van der Waals surface area (Å²) in [6, 6.07) is 3.95. The molecule has 1 amide bonds. The summed E-state index contributed by atoms with van der Waals surface area (Å²) in [5.74, 6) is 0.723. The molecular weight excluding hydrogens is 338 g/mol. The normalized spacial score (nSPS) is 13.8. The van der Waals surface area contributed by atoms with Crippen LogP contribution >= 0.6 is 12.2 Å². The van der Waals surface area contributed by atoms with Gasteiger partial charge >= 0.3 is 6.09 Å². The van der Waals surface area contributed by atoms with Crippen molar-refractivity contribution in [3.8, 4) is 0 Å². The second-order valence-electron chi connectivity index (χ2n) is 6.47. The van der Waals surface area contributed by atoms with Crippen molar-refractivity contribution in [3.63, 3.8) is 0 Å². The van der Waals surface area contributed by atoms with E-state index in [-0.39, 0.29) is 12.1 Å². The Hall–Kier alpha value is -2.09. The molecule has 1 fully saturated rings. The van der Waals surface area contributed by atoms with Gasteiger partial charge in [-0.2, -0.15) is 0 Å². The molecule has 0 radical (unpaired) electrons. The Morgan fingerprint density at radius 3 is 2.56 bits per heavy atom. The molecule has 3 N–H and O–H groups in total. The molecule has 1 aliphatic heterocycles. The highest BCUT2D eigenvalue weighted by molar-refractivity contribution is 7.80. The third-order valence-electron chi connectivity index (χ3n) is 3.17. The molecule has 2 rings (SSSR count). The minimum absolute atomic E-state index is 0.120. The maximum Gasteiger partial charge on any atom is 0.410 e. The van der Waals surface area contributed by atoms with Crippen LogP contribution in [0.3, 0.4) is 0 Å². The molecule has 0 aromatic carbocycles. The zero-order chi connectivity index (χ0) is 19.0. The quantitative estimate of drug-likeness (QED) is 0.560. The van der Waals surface area contributed by atoms with Crippen molar-refractivity contribution in [1.29, 1.82) is 0 Å². The van der Waals surface area contributed by atoms with Crippen molar-refractivity contribution in [3.05, 3.63) is 23.9 Å². The lowest BCUT2D eigenvalue weighted by Gasteiger charge is -2.40. The molecule has 0 aliphatic carbocycles. The zero-order valence-corrected chi connectivity index (χ0v) is 16.7. The van der Waals surface area contributed by atoms with Crippen molar-refractivity contribution >= 4 is 29.2 Å². The SMILES string of the molecule is CC.Cc1cccnc1NNC(=S)NC1CN(C(=O)OC(C)(C)C)C1. The van der Waals surface area contributed by atoms with E-state index in [1.54, 1.807) is 11.1 Å². The lowest BCUT2D eigenvalue weighted by molar-refractivity contribution is 0.00709. The summed E-state index contributed by atoms with van der Waals surface area (Å²) >= 11 is 5.22. The number of likely N-dealkylation sites (tertiary alicyclic amines) is 1. The average molecular weight is 368 g/mol. The van der Waals surface area contributed by atoms with E-state index in [1.807, 2.05) is 53.7 Å². The minimum atomic E-state index is -0.475. The van der Waals surface area contributed by atoms with Crippen LogP contribution in [0.2, 0.25) is 0 Å². The van der Waals surface area contributed by atoms with E-state index in [0.717, 1.165) is 11.4 Å². The number of nitrogens with one attached hydrogen (secondary N) is 3. The largest absolute Gasteiger partial charge is 0.444 e. The first-order chi connectivity index (χ1) is 11.7. The third kappa shape index (κ3) is 7.13. The Balaban J connectivity index is 0.00000151. The molecule has 0 unspecified atom stereocenters. The fourth-order valence-corrected chi connectivity index (χ4v) is 2.22. The number of thiocarbonyl (C=S) groups is 1. The fourth-order valence-electron chi connectivity index (χ4n) is 2.00. The van der Waals surface area contributed by atoms with Crippen LogP contribution in [-0.4, -0.2) is 45.8 Å². The van der Waals surface area contributed by atoms with Crippen molar-refractivity contribution < 1.29 is 9.53 Å². The predicted molar refractivity (Wildman–Crippen MR) is 104 cm³/mol. The fraction of sp³-hybridized carbons (Fsp3) is 0.588. The molecule has 1 aromatic rings. The summed E-state index contributed by atoms with van der Waals surface area (Å²) in [5.41, 5.74) is 6.40. The summed E-state index contributed by atoms with van der Waals surface area (Å²) in [7, 11) is 0. The molecule has 1 aliphatic rings. The number of ether oxygens (including phenoxy) is 1. The number of hydrazine groups is 1. The predicted octanol–water partition coefficient (Wildman–Crippen LogP) is 2.83. The zero-order valence-electron chi connectivity index (χ0n) is 15.8. The topological polar surface area (TPSA) is 78.5 Å². The summed E-state index contributed by atoms with van der Waals surface area (Å²) in [4.78, 5) is 17.7. The highest BCUT2D eigenvalue weighted by atomic mass is 32.1. The molecule has 8 heteroatoms. The summed E-state index contributed by atoms with van der Waals surface area (Å²) in [5, 5.41) is 3.60. The van der Waals surface area contributed by atoms with Crippen LogP contribution in [0.15, 0.2) is 18.3 Å². The number of pyridine rings is 1. The number of rotatable bonds is 3. The minimum Gasteiger partial charge on any atom is -0.444 e. The Kier molecular flexibility index (Phi) is 7.89. The third-order valence-corrected chi connectivity index (χ3v) is 3.39. The lowest BCUT2D eigenvalue weighted by Crippen LogP contribution is -2.63. The number of hydrogen-bond donors (Lipinski definition) is 3. The molecule has 7 nitrogen and oxygen atoms in total. The molecule has 0 atom stereocenters. The van der Waals surface area contributed by atoms with E-state index < -0.39 is 5.60 Å². The second kappa shape index (κ2) is 9.41. The Labute approximate surface area is 155 Å². The number of hydrogen-bond acceptors (Lipinski definition) is 5. The van der Waals surface area contributed by atoms with Gasteiger partial charge in [0.2, 0.25) is 0 Å². The molecule has 140 valence electrons. The summed E-state index contributed by atoms with van der Waals surface area (Å²) in [6.07, 6.45) is 1.41. The maximum atomic E-state index is 11.8. The van der Waals surface area contributed by atoms with Gasteiger partial charge in [-0.3, -0.25) is 10.9 Å². The van der Waals surface area contributed by atoms with E-state index in [1.165, 1.54) is 0 Å². The van der Waals surface area contributed by atoms with Gasteiger partial charge in [0.1, 0.15) is 11.4 Å². The molecule has 2 heterocycles. The van der Waals surface area contributed by atoms with Gasteiger partial charge < -0.3 is 15.0 Å². The Bertz CT molecular complexity index is 583. The van der Waals surface area contributed by atoms with Gasteiger partial charge in [0.15, 0.2) is 5.11 Å². The van der Waals surface area contributed by atoms with Gasteiger partial charge in [-0.05, 0) is 51.5 Å². The lowest BCUT2D eigenvalue weighted by atomic mass is 10.1. The molecule has 1 aromatic heterocycles. The molecular formula is C17H29N5O2S. The standard InChI is InChI=1S/C15H23N5O2S.C2H6/c1-10-6-5-7-16-12(10)18-19-13(23)17-11-8-20(9-11)14(21)22-15(2,3)4;1-2/h5-7,11H,8-9H2,1-4H3,(H,16,18)(H2,17,19,23);1-2H3. The summed E-state index contributed by atoms with van der Waals surface area (Å²) in [6.45, 7) is 12.6. The van der Waals surface area contributed by atoms with Crippen molar-refractivity contribution in [2.45, 2.75) is 53.2 Å². The monoisotopic (exact) mass is 367 g/mol. The summed E-state index contributed by atoms with van der Waals surface area (Å²) < 4.78 is 5.30. The highest BCUT2D eigenvalue weighted by Crippen LogP contribution is 2.15. The molecule has 0 spiro atoms. The first kappa shape index (κ1) is 21.0. The van der Waals surface area contributed by atoms with Gasteiger partial charge in [-0.15, -0.1) is 0 Å². The van der Waals surface area contributed by atoms with Crippen LogP contribution in [0, 0.1) is 6.92 Å². The van der Waals surface area contributed by atoms with Crippen LogP contribution < -0.4 is 16.2 Å². The van der Waals surface area contributed by atoms with Crippen LogP contribution in [0.25, 0.3) is 0 Å². The molecule has 0 saturated carbocycles. The second-order valence-corrected chi connectivity index (χ2v) is 6.88. The number of amides is 1. The number of nitrogens with zero attached hydrogens (tertiary/aromatic N) is 2. The van der Waals surface area contributed by atoms with Gasteiger partial charge in [-0.1, -0.05) is 19.9 Å².